The smallest absolute Gasteiger partial charge is 0.271 e. The lowest BCUT2D eigenvalue weighted by Crippen LogP contribution is -2.17. The second-order valence-electron chi connectivity index (χ2n) is 4.41. The molecule has 2 aromatic carbocycles. The van der Waals surface area contributed by atoms with Crippen molar-refractivity contribution in [2.45, 2.75) is 0 Å². The maximum Gasteiger partial charge on any atom is 0.271 e. The Morgan fingerprint density at radius 2 is 2.00 bits per heavy atom. The minimum Gasteiger partial charge on any atom is -0.497 e. The van der Waals surface area contributed by atoms with Crippen molar-refractivity contribution in [3.05, 3.63) is 59.7 Å². The molecular weight excluding hydrogens is 294 g/mol. The number of hydrogen-bond donors (Lipinski definition) is 1. The summed E-state index contributed by atoms with van der Waals surface area (Å²) in [4.78, 5) is 12.0. The van der Waals surface area contributed by atoms with Crippen molar-refractivity contribution in [1.29, 1.82) is 5.26 Å². The number of hydrazone groups is 1. The molecule has 0 saturated heterocycles. The number of nitriles is 1. The fourth-order valence-corrected chi connectivity index (χ4v) is 1.80. The molecule has 0 saturated carbocycles. The summed E-state index contributed by atoms with van der Waals surface area (Å²) in [6.45, 7) is -0.0525. The van der Waals surface area contributed by atoms with Crippen LogP contribution in [0.5, 0.6) is 11.5 Å². The molecule has 0 fully saturated rings. The van der Waals surface area contributed by atoms with E-state index in [1.165, 1.54) is 6.21 Å². The van der Waals surface area contributed by atoms with Crippen LogP contribution in [0.3, 0.4) is 0 Å². The Balaban J connectivity index is 2.01. The molecule has 0 aliphatic carbocycles. The number of hydrogen-bond acceptors (Lipinski definition) is 5. The van der Waals surface area contributed by atoms with Crippen LogP contribution in [0, 0.1) is 11.3 Å². The molecule has 0 radical (unpaired) electrons. The molecule has 0 heterocycles. The van der Waals surface area contributed by atoms with Crippen molar-refractivity contribution >= 4 is 12.1 Å². The molecule has 6 nitrogen and oxygen atoms in total. The summed E-state index contributed by atoms with van der Waals surface area (Å²) in [5, 5.41) is 12.5. The highest BCUT2D eigenvalue weighted by atomic mass is 16.5. The van der Waals surface area contributed by atoms with Crippen LogP contribution in [0.25, 0.3) is 0 Å². The van der Waals surface area contributed by atoms with Crippen molar-refractivity contribution in [3.63, 3.8) is 0 Å². The second-order valence-corrected chi connectivity index (χ2v) is 4.41. The Hall–Kier alpha value is -3.33. The van der Waals surface area contributed by atoms with E-state index in [1.807, 2.05) is 12.1 Å². The number of amides is 1. The largest absolute Gasteiger partial charge is 0.497 e. The minimum absolute atomic E-state index is 0.0525. The van der Waals surface area contributed by atoms with Crippen molar-refractivity contribution in [1.82, 2.24) is 5.43 Å². The zero-order valence-corrected chi connectivity index (χ0v) is 12.5. The third kappa shape index (κ3) is 4.58. The van der Waals surface area contributed by atoms with Gasteiger partial charge in [0, 0.05) is 11.1 Å². The van der Waals surface area contributed by atoms with Crippen molar-refractivity contribution < 1.29 is 14.3 Å². The number of rotatable bonds is 6. The molecule has 0 aliphatic heterocycles. The lowest BCUT2D eigenvalue weighted by Gasteiger charge is -2.05. The summed E-state index contributed by atoms with van der Waals surface area (Å²) in [6.07, 6.45) is 1.47. The predicted octanol–water partition coefficient (Wildman–Crippen LogP) is 2.36. The maximum atomic E-state index is 12.0. The van der Waals surface area contributed by atoms with E-state index < -0.39 is 0 Å². The first-order valence-corrected chi connectivity index (χ1v) is 6.81. The van der Waals surface area contributed by atoms with Gasteiger partial charge < -0.3 is 9.47 Å². The Kier molecular flexibility index (Phi) is 5.72. The fraction of sp³-hybridized carbons (Fsp3) is 0.118. The Bertz CT molecular complexity index is 733. The van der Waals surface area contributed by atoms with Gasteiger partial charge >= 0.3 is 0 Å². The number of nitrogens with one attached hydrogen (secondary N) is 1. The van der Waals surface area contributed by atoms with Gasteiger partial charge in [-0.25, -0.2) is 5.43 Å². The molecular formula is C17H15N3O3. The molecule has 2 rings (SSSR count). The van der Waals surface area contributed by atoms with E-state index in [9.17, 15) is 4.79 Å². The zero-order chi connectivity index (χ0) is 16.5. The van der Waals surface area contributed by atoms with Crippen LogP contribution in [-0.4, -0.2) is 25.8 Å². The fourth-order valence-electron chi connectivity index (χ4n) is 1.80. The van der Waals surface area contributed by atoms with Crippen LogP contribution < -0.4 is 14.9 Å². The Morgan fingerprint density at radius 1 is 1.26 bits per heavy atom. The van der Waals surface area contributed by atoms with Crippen molar-refractivity contribution in [2.75, 3.05) is 13.7 Å². The molecule has 0 atom stereocenters. The van der Waals surface area contributed by atoms with Crippen LogP contribution in [0.15, 0.2) is 53.6 Å². The highest BCUT2D eigenvalue weighted by Gasteiger charge is 2.04. The molecule has 23 heavy (non-hydrogen) atoms. The van der Waals surface area contributed by atoms with E-state index in [2.05, 4.69) is 10.5 Å². The minimum atomic E-state index is -0.334. The standard InChI is InChI=1S/C17H15N3O3/c1-22-15-8-6-13(7-9-15)17(21)20-19-12-14-4-2-3-5-16(14)23-11-10-18/h2-9,12H,11H2,1H3,(H,20,21). The Labute approximate surface area is 134 Å². The second kappa shape index (κ2) is 8.20. The van der Waals surface area contributed by atoms with Gasteiger partial charge in [-0.2, -0.15) is 10.4 Å². The van der Waals surface area contributed by atoms with Gasteiger partial charge in [-0.1, -0.05) is 12.1 Å². The molecule has 0 aliphatic rings. The number of ether oxygens (including phenoxy) is 2. The number of carbonyl (C=O) groups is 1. The van der Waals surface area contributed by atoms with Gasteiger partial charge in [0.25, 0.3) is 5.91 Å². The van der Waals surface area contributed by atoms with Crippen LogP contribution >= 0.6 is 0 Å². The summed E-state index contributed by atoms with van der Waals surface area (Å²) < 4.78 is 10.3. The molecule has 116 valence electrons. The number of carbonyl (C=O) groups excluding carboxylic acids is 1. The van der Waals surface area contributed by atoms with E-state index in [0.29, 0.717) is 22.6 Å². The first-order valence-electron chi connectivity index (χ1n) is 6.81. The lowest BCUT2D eigenvalue weighted by atomic mass is 10.2. The number of para-hydroxylation sites is 1. The Morgan fingerprint density at radius 3 is 2.70 bits per heavy atom. The maximum absolute atomic E-state index is 12.0. The molecule has 1 N–H and O–H groups in total. The quantitative estimate of drug-likeness (QED) is 0.656. The van der Waals surface area contributed by atoms with Gasteiger partial charge in [0.2, 0.25) is 0 Å². The predicted molar refractivity (Wildman–Crippen MR) is 85.6 cm³/mol. The monoisotopic (exact) mass is 309 g/mol. The van der Waals surface area contributed by atoms with E-state index >= 15 is 0 Å². The van der Waals surface area contributed by atoms with E-state index in [-0.39, 0.29) is 12.5 Å². The van der Waals surface area contributed by atoms with Crippen LogP contribution in [0.1, 0.15) is 15.9 Å². The first-order chi connectivity index (χ1) is 11.2. The van der Waals surface area contributed by atoms with E-state index in [0.717, 1.165) is 0 Å². The molecule has 0 spiro atoms. The summed E-state index contributed by atoms with van der Waals surface area (Å²) in [5.41, 5.74) is 3.57. The number of methoxy groups -OCH3 is 1. The van der Waals surface area contributed by atoms with Crippen LogP contribution in [0.4, 0.5) is 0 Å². The van der Waals surface area contributed by atoms with Crippen molar-refractivity contribution in [3.8, 4) is 17.6 Å². The lowest BCUT2D eigenvalue weighted by molar-refractivity contribution is 0.0955. The molecule has 2 aromatic rings. The third-order valence-corrected chi connectivity index (χ3v) is 2.93. The summed E-state index contributed by atoms with van der Waals surface area (Å²) in [7, 11) is 1.56. The van der Waals surface area contributed by atoms with Gasteiger partial charge in [-0.15, -0.1) is 0 Å². The van der Waals surface area contributed by atoms with Crippen molar-refractivity contribution in [2.24, 2.45) is 5.10 Å². The van der Waals surface area contributed by atoms with Gasteiger partial charge in [-0.3, -0.25) is 4.79 Å². The summed E-state index contributed by atoms with van der Waals surface area (Å²) in [5.74, 6) is 0.865. The molecule has 6 heteroatoms. The van der Waals surface area contributed by atoms with Crippen LogP contribution in [0.2, 0.25) is 0 Å². The highest BCUT2D eigenvalue weighted by Crippen LogP contribution is 2.15. The molecule has 0 unspecified atom stereocenters. The van der Waals surface area contributed by atoms with Gasteiger partial charge in [0.15, 0.2) is 6.61 Å². The van der Waals surface area contributed by atoms with Gasteiger partial charge in [0.05, 0.1) is 13.3 Å². The summed E-state index contributed by atoms with van der Waals surface area (Å²) in [6, 6.07) is 15.7. The molecule has 0 aromatic heterocycles. The third-order valence-electron chi connectivity index (χ3n) is 2.93. The van der Waals surface area contributed by atoms with Crippen LogP contribution in [-0.2, 0) is 0 Å². The number of benzene rings is 2. The first kappa shape index (κ1) is 16.0. The average Bonchev–Trinajstić information content (AvgIpc) is 2.61. The SMILES string of the molecule is COc1ccc(C(=O)NN=Cc2ccccc2OCC#N)cc1. The van der Waals surface area contributed by atoms with Gasteiger partial charge in [0.1, 0.15) is 17.6 Å². The summed E-state index contributed by atoms with van der Waals surface area (Å²) >= 11 is 0. The normalized spacial score (nSPS) is 10.1. The average molecular weight is 309 g/mol. The topological polar surface area (TPSA) is 83.7 Å². The van der Waals surface area contributed by atoms with E-state index in [1.54, 1.807) is 49.6 Å². The molecule has 1 amide bonds. The van der Waals surface area contributed by atoms with Gasteiger partial charge in [-0.05, 0) is 36.4 Å². The number of nitrogens with zero attached hydrogens (tertiary/aromatic N) is 2. The zero-order valence-electron chi connectivity index (χ0n) is 12.5. The van der Waals surface area contributed by atoms with E-state index in [4.69, 9.17) is 14.7 Å². The molecule has 0 bridgehead atoms. The highest BCUT2D eigenvalue weighted by molar-refractivity contribution is 5.95.